The summed E-state index contributed by atoms with van der Waals surface area (Å²) in [4.78, 5) is 29.5. The topological polar surface area (TPSA) is 86.8 Å². The molecule has 7 nitrogen and oxygen atoms in total. The minimum Gasteiger partial charge on any atom is -0.352 e. The highest BCUT2D eigenvalue weighted by atomic mass is 35.5. The van der Waals surface area contributed by atoms with Gasteiger partial charge in [-0.15, -0.1) is 0 Å². The molecule has 1 aliphatic rings. The number of amides is 2. The summed E-state index contributed by atoms with van der Waals surface area (Å²) >= 11 is 6.41. The van der Waals surface area contributed by atoms with Crippen LogP contribution < -0.4 is 9.62 Å². The first-order chi connectivity index (χ1) is 20.1. The Bertz CT molecular complexity index is 1490. The lowest BCUT2D eigenvalue weighted by Gasteiger charge is -2.35. The number of carbonyl (C=O) groups excluding carboxylic acids is 2. The van der Waals surface area contributed by atoms with E-state index >= 15 is 0 Å². The predicted octanol–water partition coefficient (Wildman–Crippen LogP) is 6.41. The summed E-state index contributed by atoms with van der Waals surface area (Å²) in [7, 11) is -4.15. The molecule has 0 saturated heterocycles. The van der Waals surface area contributed by atoms with Gasteiger partial charge in [0, 0.05) is 17.6 Å². The molecule has 1 fully saturated rings. The van der Waals surface area contributed by atoms with Crippen LogP contribution in [0.4, 0.5) is 5.69 Å². The molecule has 1 N–H and O–H groups in total. The van der Waals surface area contributed by atoms with Gasteiger partial charge in [-0.2, -0.15) is 0 Å². The van der Waals surface area contributed by atoms with Gasteiger partial charge in [0.15, 0.2) is 0 Å². The van der Waals surface area contributed by atoms with Crippen LogP contribution in [0.15, 0.2) is 77.7 Å². The number of hydrogen-bond acceptors (Lipinski definition) is 4. The molecule has 3 aromatic rings. The zero-order valence-electron chi connectivity index (χ0n) is 24.6. The highest BCUT2D eigenvalue weighted by Gasteiger charge is 2.35. The van der Waals surface area contributed by atoms with Crippen molar-refractivity contribution in [2.24, 2.45) is 0 Å². The molecule has 1 aliphatic carbocycles. The van der Waals surface area contributed by atoms with E-state index in [1.165, 1.54) is 17.0 Å². The fourth-order valence-electron chi connectivity index (χ4n) is 5.57. The van der Waals surface area contributed by atoms with Crippen molar-refractivity contribution in [3.8, 4) is 0 Å². The summed E-state index contributed by atoms with van der Waals surface area (Å²) < 4.78 is 29.2. The number of nitrogens with zero attached hydrogens (tertiary/aromatic N) is 2. The Morgan fingerprint density at radius 1 is 0.952 bits per heavy atom. The number of nitrogens with one attached hydrogen (secondary N) is 1. The zero-order valence-corrected chi connectivity index (χ0v) is 26.1. The second kappa shape index (κ2) is 14.2. The second-order valence-electron chi connectivity index (χ2n) is 11.0. The fourth-order valence-corrected chi connectivity index (χ4v) is 7.23. The molecule has 0 radical (unpaired) electrons. The van der Waals surface area contributed by atoms with Gasteiger partial charge >= 0.3 is 0 Å². The zero-order chi connectivity index (χ0) is 30.3. The van der Waals surface area contributed by atoms with E-state index in [2.05, 4.69) is 5.32 Å². The van der Waals surface area contributed by atoms with Gasteiger partial charge < -0.3 is 10.2 Å². The molecule has 224 valence electrons. The van der Waals surface area contributed by atoms with Crippen LogP contribution in [0.25, 0.3) is 0 Å². The monoisotopic (exact) mass is 609 g/mol. The summed E-state index contributed by atoms with van der Waals surface area (Å²) in [5.74, 6) is -0.678. The van der Waals surface area contributed by atoms with Crippen molar-refractivity contribution < 1.29 is 18.0 Å². The second-order valence-corrected chi connectivity index (χ2v) is 13.3. The summed E-state index contributed by atoms with van der Waals surface area (Å²) in [6.45, 7) is 5.26. The lowest BCUT2D eigenvalue weighted by Crippen LogP contribution is -2.54. The molecule has 1 unspecified atom stereocenters. The minimum atomic E-state index is -4.15. The molecule has 9 heteroatoms. The van der Waals surface area contributed by atoms with E-state index < -0.39 is 28.5 Å². The van der Waals surface area contributed by atoms with Crippen molar-refractivity contribution in [1.82, 2.24) is 10.2 Å². The number of sulfonamides is 1. The molecule has 0 bridgehead atoms. The Labute approximate surface area is 254 Å². The molecule has 2 amide bonds. The van der Waals surface area contributed by atoms with Gasteiger partial charge in [-0.1, -0.05) is 91.9 Å². The largest absolute Gasteiger partial charge is 0.352 e. The summed E-state index contributed by atoms with van der Waals surface area (Å²) in [5, 5.41) is 3.57. The first kappa shape index (κ1) is 31.6. The number of rotatable bonds is 11. The Kier molecular flexibility index (Phi) is 10.7. The van der Waals surface area contributed by atoms with Crippen LogP contribution in [-0.2, 0) is 26.2 Å². The van der Waals surface area contributed by atoms with Gasteiger partial charge in [-0.3, -0.25) is 13.9 Å². The van der Waals surface area contributed by atoms with Crippen LogP contribution in [-0.4, -0.2) is 43.8 Å². The van der Waals surface area contributed by atoms with E-state index in [-0.39, 0.29) is 23.4 Å². The molecule has 0 aromatic heterocycles. The number of aryl methyl sites for hydroxylation is 1. The molecule has 1 atom stereocenters. The van der Waals surface area contributed by atoms with Crippen LogP contribution in [0, 0.1) is 13.8 Å². The van der Waals surface area contributed by atoms with Gasteiger partial charge in [0.25, 0.3) is 10.0 Å². The predicted molar refractivity (Wildman–Crippen MR) is 168 cm³/mol. The Morgan fingerprint density at radius 3 is 2.31 bits per heavy atom. The molecule has 3 aromatic carbocycles. The van der Waals surface area contributed by atoms with Crippen molar-refractivity contribution in [2.45, 2.75) is 82.8 Å². The number of halogens is 1. The SMILES string of the molecule is CCC(C(=O)NC1CCCCC1)N(Cc1cccc(C)c1)C(=O)CN(c1cccc(Cl)c1C)S(=O)(=O)c1ccccc1. The molecular formula is C33H40ClN3O4S. The molecule has 42 heavy (non-hydrogen) atoms. The highest BCUT2D eigenvalue weighted by molar-refractivity contribution is 7.92. The standard InChI is InChI=1S/C33H40ClN3O4S/c1-4-30(33(39)35-27-15-7-5-8-16-27)36(22-26-14-11-13-24(2)21-26)32(38)23-37(31-20-12-19-29(34)25(31)3)42(40,41)28-17-9-6-10-18-28/h6,9-14,17-21,27,30H,4-5,7-8,15-16,22-23H2,1-3H3,(H,35,39). The maximum absolute atomic E-state index is 14.3. The summed E-state index contributed by atoms with van der Waals surface area (Å²) in [5.41, 5.74) is 2.75. The van der Waals surface area contributed by atoms with Crippen molar-refractivity contribution in [3.63, 3.8) is 0 Å². The minimum absolute atomic E-state index is 0.0597. The summed E-state index contributed by atoms with van der Waals surface area (Å²) in [6.07, 6.45) is 5.53. The molecule has 0 aliphatic heterocycles. The number of carbonyl (C=O) groups is 2. The summed E-state index contributed by atoms with van der Waals surface area (Å²) in [6, 6.07) is 20.1. The van der Waals surface area contributed by atoms with E-state index in [1.54, 1.807) is 43.3 Å². The van der Waals surface area contributed by atoms with Crippen LogP contribution >= 0.6 is 11.6 Å². The first-order valence-electron chi connectivity index (χ1n) is 14.6. The van der Waals surface area contributed by atoms with Gasteiger partial charge in [-0.25, -0.2) is 8.42 Å². The van der Waals surface area contributed by atoms with Crippen molar-refractivity contribution in [2.75, 3.05) is 10.8 Å². The normalized spacial score (nSPS) is 14.7. The van der Waals surface area contributed by atoms with Gasteiger partial charge in [0.2, 0.25) is 11.8 Å². The maximum Gasteiger partial charge on any atom is 0.264 e. The van der Waals surface area contributed by atoms with Crippen LogP contribution in [0.1, 0.15) is 62.1 Å². The lowest BCUT2D eigenvalue weighted by molar-refractivity contribution is -0.140. The molecule has 1 saturated carbocycles. The first-order valence-corrected chi connectivity index (χ1v) is 16.4. The molecular weight excluding hydrogens is 570 g/mol. The molecule has 4 rings (SSSR count). The van der Waals surface area contributed by atoms with E-state index in [4.69, 9.17) is 11.6 Å². The number of benzene rings is 3. The molecule has 0 spiro atoms. The third kappa shape index (κ3) is 7.53. The molecule has 0 heterocycles. The third-order valence-corrected chi connectivity index (χ3v) is 10.1. The van der Waals surface area contributed by atoms with E-state index in [0.717, 1.165) is 47.5 Å². The van der Waals surface area contributed by atoms with Crippen molar-refractivity contribution >= 4 is 39.1 Å². The lowest BCUT2D eigenvalue weighted by atomic mass is 9.95. The smallest absolute Gasteiger partial charge is 0.264 e. The van der Waals surface area contributed by atoms with E-state index in [9.17, 15) is 18.0 Å². The Morgan fingerprint density at radius 2 is 1.64 bits per heavy atom. The van der Waals surface area contributed by atoms with Crippen LogP contribution in [0.3, 0.4) is 0 Å². The van der Waals surface area contributed by atoms with Crippen LogP contribution in [0.2, 0.25) is 5.02 Å². The Hall–Kier alpha value is -3.36. The maximum atomic E-state index is 14.3. The van der Waals surface area contributed by atoms with Gasteiger partial charge in [0.1, 0.15) is 12.6 Å². The highest BCUT2D eigenvalue weighted by Crippen LogP contribution is 2.31. The van der Waals surface area contributed by atoms with Gasteiger partial charge in [0.05, 0.1) is 10.6 Å². The fraction of sp³-hybridized carbons (Fsp3) is 0.394. The average molecular weight is 610 g/mol. The third-order valence-electron chi connectivity index (χ3n) is 7.89. The van der Waals surface area contributed by atoms with E-state index in [1.807, 2.05) is 38.1 Å². The van der Waals surface area contributed by atoms with E-state index in [0.29, 0.717) is 22.7 Å². The number of hydrogen-bond donors (Lipinski definition) is 1. The number of anilines is 1. The van der Waals surface area contributed by atoms with Crippen molar-refractivity contribution in [3.05, 3.63) is 94.5 Å². The van der Waals surface area contributed by atoms with Gasteiger partial charge in [-0.05, 0) is 68.5 Å². The van der Waals surface area contributed by atoms with Crippen molar-refractivity contribution in [1.29, 1.82) is 0 Å². The average Bonchev–Trinajstić information content (AvgIpc) is 2.98. The Balaban J connectivity index is 1.73. The quantitative estimate of drug-likeness (QED) is 0.272. The van der Waals surface area contributed by atoms with Crippen LogP contribution in [0.5, 0.6) is 0 Å².